The number of ether oxygens (including phenoxy) is 1. The molecular formula is C23H27N3O4S. The molecule has 2 aromatic carbocycles. The molecule has 1 aliphatic heterocycles. The van der Waals surface area contributed by atoms with Gasteiger partial charge in [-0.05, 0) is 49.1 Å². The molecule has 7 nitrogen and oxygen atoms in total. The molecule has 164 valence electrons. The molecule has 1 saturated heterocycles. The van der Waals surface area contributed by atoms with E-state index in [-0.39, 0.29) is 10.8 Å². The highest BCUT2D eigenvalue weighted by molar-refractivity contribution is 7.89. The Hall–Kier alpha value is -2.68. The SMILES string of the molecule is Cc1ccc(S(=O)(=O)N2CCOCC2)cc1NC(=O)CCCc1c[nH]c2ccccc12. The minimum absolute atomic E-state index is 0.121. The van der Waals surface area contributed by atoms with Crippen molar-refractivity contribution >= 4 is 32.5 Å². The molecule has 3 aromatic rings. The van der Waals surface area contributed by atoms with Gasteiger partial charge in [-0.25, -0.2) is 8.42 Å². The summed E-state index contributed by atoms with van der Waals surface area (Å²) in [6.07, 6.45) is 3.85. The molecule has 2 N–H and O–H groups in total. The van der Waals surface area contributed by atoms with Gasteiger partial charge in [0.05, 0.1) is 18.1 Å². The van der Waals surface area contributed by atoms with E-state index >= 15 is 0 Å². The van der Waals surface area contributed by atoms with E-state index in [1.165, 1.54) is 15.3 Å². The van der Waals surface area contributed by atoms with Crippen LogP contribution in [-0.2, 0) is 26.0 Å². The first-order valence-corrected chi connectivity index (χ1v) is 11.9. The third-order valence-corrected chi connectivity index (χ3v) is 7.51. The zero-order valence-electron chi connectivity index (χ0n) is 17.6. The number of H-pyrrole nitrogens is 1. The van der Waals surface area contributed by atoms with E-state index in [9.17, 15) is 13.2 Å². The number of morpholine rings is 1. The van der Waals surface area contributed by atoms with Gasteiger partial charge in [0.15, 0.2) is 0 Å². The van der Waals surface area contributed by atoms with Crippen LogP contribution in [0.1, 0.15) is 24.0 Å². The van der Waals surface area contributed by atoms with Gasteiger partial charge in [0.2, 0.25) is 15.9 Å². The first-order valence-electron chi connectivity index (χ1n) is 10.5. The number of carbonyl (C=O) groups is 1. The van der Waals surface area contributed by atoms with E-state index in [2.05, 4.69) is 16.4 Å². The Labute approximate surface area is 182 Å². The average Bonchev–Trinajstić information content (AvgIpc) is 3.19. The van der Waals surface area contributed by atoms with Crippen molar-refractivity contribution in [3.8, 4) is 0 Å². The number of aromatic amines is 1. The van der Waals surface area contributed by atoms with Crippen LogP contribution in [0.25, 0.3) is 10.9 Å². The van der Waals surface area contributed by atoms with Gasteiger partial charge in [-0.15, -0.1) is 0 Å². The van der Waals surface area contributed by atoms with Crippen LogP contribution in [-0.4, -0.2) is 49.9 Å². The zero-order chi connectivity index (χ0) is 21.8. The number of amides is 1. The molecule has 0 unspecified atom stereocenters. The number of aryl methyl sites for hydroxylation is 2. The zero-order valence-corrected chi connectivity index (χ0v) is 18.4. The molecule has 1 aliphatic rings. The Balaban J connectivity index is 1.39. The molecule has 0 radical (unpaired) electrons. The minimum Gasteiger partial charge on any atom is -0.379 e. The Morgan fingerprint density at radius 1 is 1.16 bits per heavy atom. The molecule has 0 bridgehead atoms. The summed E-state index contributed by atoms with van der Waals surface area (Å²) in [4.78, 5) is 16.0. The molecule has 4 rings (SSSR count). The van der Waals surface area contributed by atoms with Gasteiger partial charge in [0.1, 0.15) is 0 Å². The van der Waals surface area contributed by atoms with Crippen LogP contribution in [0.15, 0.2) is 53.6 Å². The van der Waals surface area contributed by atoms with Crippen LogP contribution in [0.3, 0.4) is 0 Å². The first kappa shape index (κ1) is 21.5. The summed E-state index contributed by atoms with van der Waals surface area (Å²) in [7, 11) is -3.61. The molecule has 1 amide bonds. The van der Waals surface area contributed by atoms with Crippen molar-refractivity contribution in [2.24, 2.45) is 0 Å². The molecule has 0 aliphatic carbocycles. The van der Waals surface area contributed by atoms with E-state index < -0.39 is 10.0 Å². The Kier molecular flexibility index (Phi) is 6.41. The molecule has 0 atom stereocenters. The molecule has 0 spiro atoms. The number of benzene rings is 2. The number of para-hydroxylation sites is 1. The molecule has 31 heavy (non-hydrogen) atoms. The summed E-state index contributed by atoms with van der Waals surface area (Å²) in [5.74, 6) is -0.121. The Bertz CT molecular complexity index is 1180. The van der Waals surface area contributed by atoms with Gasteiger partial charge >= 0.3 is 0 Å². The second-order valence-electron chi connectivity index (χ2n) is 7.75. The number of hydrogen-bond acceptors (Lipinski definition) is 4. The van der Waals surface area contributed by atoms with Crippen LogP contribution >= 0.6 is 0 Å². The van der Waals surface area contributed by atoms with Crippen molar-refractivity contribution in [3.05, 3.63) is 59.8 Å². The number of aromatic nitrogens is 1. The quantitative estimate of drug-likeness (QED) is 0.587. The van der Waals surface area contributed by atoms with Gasteiger partial charge in [0.25, 0.3) is 0 Å². The molecule has 1 fully saturated rings. The topological polar surface area (TPSA) is 91.5 Å². The van der Waals surface area contributed by atoms with Gasteiger partial charge < -0.3 is 15.0 Å². The Morgan fingerprint density at radius 3 is 2.74 bits per heavy atom. The second-order valence-corrected chi connectivity index (χ2v) is 9.69. The maximum atomic E-state index is 12.9. The molecule has 8 heteroatoms. The number of nitrogens with one attached hydrogen (secondary N) is 2. The monoisotopic (exact) mass is 441 g/mol. The smallest absolute Gasteiger partial charge is 0.243 e. The number of fused-ring (bicyclic) bond motifs is 1. The largest absolute Gasteiger partial charge is 0.379 e. The van der Waals surface area contributed by atoms with Crippen molar-refractivity contribution < 1.29 is 17.9 Å². The summed E-state index contributed by atoms with van der Waals surface area (Å²) < 4.78 is 32.5. The van der Waals surface area contributed by atoms with Crippen molar-refractivity contribution in [2.45, 2.75) is 31.1 Å². The molecular weight excluding hydrogens is 414 g/mol. The summed E-state index contributed by atoms with van der Waals surface area (Å²) in [5, 5.41) is 4.07. The lowest BCUT2D eigenvalue weighted by molar-refractivity contribution is -0.116. The van der Waals surface area contributed by atoms with Crippen molar-refractivity contribution in [2.75, 3.05) is 31.6 Å². The van der Waals surface area contributed by atoms with Crippen molar-refractivity contribution in [1.82, 2.24) is 9.29 Å². The fourth-order valence-corrected chi connectivity index (χ4v) is 5.26. The normalized spacial score (nSPS) is 15.3. The third-order valence-electron chi connectivity index (χ3n) is 5.62. The average molecular weight is 442 g/mol. The lowest BCUT2D eigenvalue weighted by Crippen LogP contribution is -2.40. The van der Waals surface area contributed by atoms with Gasteiger partial charge in [-0.1, -0.05) is 24.3 Å². The Morgan fingerprint density at radius 2 is 1.94 bits per heavy atom. The molecule has 1 aromatic heterocycles. The fraction of sp³-hybridized carbons (Fsp3) is 0.348. The summed E-state index contributed by atoms with van der Waals surface area (Å²) >= 11 is 0. The highest BCUT2D eigenvalue weighted by atomic mass is 32.2. The van der Waals surface area contributed by atoms with E-state index in [1.807, 2.05) is 31.3 Å². The molecule has 2 heterocycles. The number of rotatable bonds is 7. The fourth-order valence-electron chi connectivity index (χ4n) is 3.82. The van der Waals surface area contributed by atoms with E-state index in [0.29, 0.717) is 44.8 Å². The maximum Gasteiger partial charge on any atom is 0.243 e. The van der Waals surface area contributed by atoms with Crippen LogP contribution < -0.4 is 5.32 Å². The number of sulfonamides is 1. The third kappa shape index (κ3) is 4.81. The van der Waals surface area contributed by atoms with E-state index in [0.717, 1.165) is 17.5 Å². The minimum atomic E-state index is -3.61. The first-order chi connectivity index (χ1) is 14.9. The lowest BCUT2D eigenvalue weighted by atomic mass is 10.1. The van der Waals surface area contributed by atoms with Crippen LogP contribution in [0, 0.1) is 6.92 Å². The van der Waals surface area contributed by atoms with Crippen LogP contribution in [0.2, 0.25) is 0 Å². The predicted molar refractivity (Wildman–Crippen MR) is 121 cm³/mol. The molecule has 0 saturated carbocycles. The summed E-state index contributed by atoms with van der Waals surface area (Å²) in [5.41, 5.74) is 3.64. The van der Waals surface area contributed by atoms with E-state index in [4.69, 9.17) is 4.74 Å². The van der Waals surface area contributed by atoms with E-state index in [1.54, 1.807) is 18.2 Å². The van der Waals surface area contributed by atoms with Crippen molar-refractivity contribution in [1.29, 1.82) is 0 Å². The van der Waals surface area contributed by atoms with Crippen LogP contribution in [0.5, 0.6) is 0 Å². The van der Waals surface area contributed by atoms with Gasteiger partial charge in [0, 0.05) is 42.3 Å². The number of hydrogen-bond donors (Lipinski definition) is 2. The van der Waals surface area contributed by atoms with Gasteiger partial charge in [-0.3, -0.25) is 4.79 Å². The summed E-state index contributed by atoms with van der Waals surface area (Å²) in [6.45, 7) is 3.32. The maximum absolute atomic E-state index is 12.9. The number of nitrogens with zero attached hydrogens (tertiary/aromatic N) is 1. The van der Waals surface area contributed by atoms with Crippen LogP contribution in [0.4, 0.5) is 5.69 Å². The van der Waals surface area contributed by atoms with Gasteiger partial charge in [-0.2, -0.15) is 4.31 Å². The highest BCUT2D eigenvalue weighted by Gasteiger charge is 2.26. The highest BCUT2D eigenvalue weighted by Crippen LogP contribution is 2.24. The second kappa shape index (κ2) is 9.21. The standard InChI is InChI=1S/C23H27N3O4S/c1-17-9-10-19(31(28,29)26-11-13-30-14-12-26)15-22(17)25-23(27)8-4-5-18-16-24-21-7-3-2-6-20(18)21/h2-3,6-7,9-10,15-16,24H,4-5,8,11-14H2,1H3,(H,25,27). The number of carbonyl (C=O) groups excluding carboxylic acids is 1. The van der Waals surface area contributed by atoms with Crippen molar-refractivity contribution in [3.63, 3.8) is 0 Å². The lowest BCUT2D eigenvalue weighted by Gasteiger charge is -2.26. The summed E-state index contributed by atoms with van der Waals surface area (Å²) in [6, 6.07) is 13.0. The predicted octanol–water partition coefficient (Wildman–Crippen LogP) is 3.46. The number of anilines is 1.